The van der Waals surface area contributed by atoms with E-state index in [0.29, 0.717) is 0 Å². The number of carbonyl (C=O) groups is 1. The molecule has 3 nitrogen and oxygen atoms in total. The first-order chi connectivity index (χ1) is 7.87. The SMILES string of the molecule is Cc1cccc(CNC(=O)NCC(F)(F)F)c1. The van der Waals surface area contributed by atoms with Crippen molar-refractivity contribution in [3.8, 4) is 0 Å². The van der Waals surface area contributed by atoms with E-state index in [0.717, 1.165) is 11.1 Å². The van der Waals surface area contributed by atoms with Crippen molar-refractivity contribution in [1.29, 1.82) is 0 Å². The quantitative estimate of drug-likeness (QED) is 0.844. The van der Waals surface area contributed by atoms with Crippen LogP contribution in [0.4, 0.5) is 18.0 Å². The van der Waals surface area contributed by atoms with E-state index in [2.05, 4.69) is 5.32 Å². The van der Waals surface area contributed by atoms with Gasteiger partial charge in [0, 0.05) is 6.54 Å². The Hall–Kier alpha value is -1.72. The van der Waals surface area contributed by atoms with Gasteiger partial charge in [0.15, 0.2) is 0 Å². The van der Waals surface area contributed by atoms with Gasteiger partial charge < -0.3 is 10.6 Å². The second-order valence-corrected chi connectivity index (χ2v) is 3.64. The third-order valence-corrected chi connectivity index (χ3v) is 1.98. The van der Waals surface area contributed by atoms with E-state index >= 15 is 0 Å². The average Bonchev–Trinajstić information content (AvgIpc) is 2.23. The van der Waals surface area contributed by atoms with E-state index in [4.69, 9.17) is 0 Å². The Morgan fingerprint density at radius 2 is 2.00 bits per heavy atom. The highest BCUT2D eigenvalue weighted by Crippen LogP contribution is 2.11. The molecular formula is C11H13F3N2O. The summed E-state index contributed by atoms with van der Waals surface area (Å²) in [5.41, 5.74) is 1.87. The number of aryl methyl sites for hydroxylation is 1. The van der Waals surface area contributed by atoms with Crippen molar-refractivity contribution < 1.29 is 18.0 Å². The van der Waals surface area contributed by atoms with Crippen LogP contribution in [-0.2, 0) is 6.54 Å². The first kappa shape index (κ1) is 13.3. The molecule has 0 saturated carbocycles. The second kappa shape index (κ2) is 5.56. The van der Waals surface area contributed by atoms with Crippen LogP contribution in [0.2, 0.25) is 0 Å². The van der Waals surface area contributed by atoms with Gasteiger partial charge in [0.2, 0.25) is 0 Å². The second-order valence-electron chi connectivity index (χ2n) is 3.64. The fraction of sp³-hybridized carbons (Fsp3) is 0.364. The summed E-state index contributed by atoms with van der Waals surface area (Å²) in [6, 6.07) is 6.53. The molecule has 0 spiro atoms. The van der Waals surface area contributed by atoms with Crippen LogP contribution >= 0.6 is 0 Å². The Morgan fingerprint density at radius 3 is 2.59 bits per heavy atom. The van der Waals surface area contributed by atoms with E-state index in [-0.39, 0.29) is 6.54 Å². The van der Waals surface area contributed by atoms with E-state index < -0.39 is 18.8 Å². The van der Waals surface area contributed by atoms with Gasteiger partial charge in [-0.2, -0.15) is 13.2 Å². The van der Waals surface area contributed by atoms with Crippen LogP contribution in [0.3, 0.4) is 0 Å². The summed E-state index contributed by atoms with van der Waals surface area (Å²) in [7, 11) is 0. The molecule has 1 rings (SSSR count). The molecule has 0 radical (unpaired) electrons. The minimum Gasteiger partial charge on any atom is -0.334 e. The monoisotopic (exact) mass is 246 g/mol. The van der Waals surface area contributed by atoms with Gasteiger partial charge in [0.05, 0.1) is 0 Å². The lowest BCUT2D eigenvalue weighted by Gasteiger charge is -2.10. The van der Waals surface area contributed by atoms with Crippen molar-refractivity contribution in [2.75, 3.05) is 6.54 Å². The number of nitrogens with one attached hydrogen (secondary N) is 2. The highest BCUT2D eigenvalue weighted by molar-refractivity contribution is 5.73. The van der Waals surface area contributed by atoms with Crippen molar-refractivity contribution in [2.24, 2.45) is 0 Å². The predicted molar refractivity (Wildman–Crippen MR) is 57.5 cm³/mol. The molecule has 0 unspecified atom stereocenters. The Balaban J connectivity index is 2.33. The maximum Gasteiger partial charge on any atom is 0.405 e. The van der Waals surface area contributed by atoms with Crippen LogP contribution in [0.5, 0.6) is 0 Å². The molecule has 0 fully saturated rings. The van der Waals surface area contributed by atoms with Crippen LogP contribution in [0.1, 0.15) is 11.1 Å². The van der Waals surface area contributed by atoms with Crippen molar-refractivity contribution in [3.63, 3.8) is 0 Å². The normalized spacial score (nSPS) is 11.1. The zero-order valence-corrected chi connectivity index (χ0v) is 9.27. The number of hydrogen-bond acceptors (Lipinski definition) is 1. The molecule has 1 aromatic rings. The molecular weight excluding hydrogens is 233 g/mol. The molecule has 0 atom stereocenters. The first-order valence-electron chi connectivity index (χ1n) is 5.01. The zero-order valence-electron chi connectivity index (χ0n) is 9.27. The predicted octanol–water partition coefficient (Wildman–Crippen LogP) is 2.36. The van der Waals surface area contributed by atoms with E-state index in [1.54, 1.807) is 11.4 Å². The molecule has 94 valence electrons. The third-order valence-electron chi connectivity index (χ3n) is 1.98. The summed E-state index contributed by atoms with van der Waals surface area (Å²) >= 11 is 0. The number of benzene rings is 1. The fourth-order valence-corrected chi connectivity index (χ4v) is 1.25. The zero-order chi connectivity index (χ0) is 12.9. The number of carbonyl (C=O) groups excluding carboxylic acids is 1. The molecule has 0 aliphatic carbocycles. The highest BCUT2D eigenvalue weighted by atomic mass is 19.4. The smallest absolute Gasteiger partial charge is 0.334 e. The van der Waals surface area contributed by atoms with Crippen LogP contribution in [0, 0.1) is 6.92 Å². The van der Waals surface area contributed by atoms with Gasteiger partial charge in [-0.1, -0.05) is 29.8 Å². The molecule has 0 heterocycles. The Kier molecular flexibility index (Phi) is 4.37. The standard InChI is InChI=1S/C11H13F3N2O/c1-8-3-2-4-9(5-8)6-15-10(17)16-7-11(12,13)14/h2-5H,6-7H2,1H3,(H2,15,16,17). The molecule has 0 bridgehead atoms. The molecule has 0 aliphatic heterocycles. The van der Waals surface area contributed by atoms with Crippen molar-refractivity contribution in [3.05, 3.63) is 35.4 Å². The highest BCUT2D eigenvalue weighted by Gasteiger charge is 2.27. The minimum atomic E-state index is -4.39. The van der Waals surface area contributed by atoms with Gasteiger partial charge in [-0.15, -0.1) is 0 Å². The molecule has 0 aromatic heterocycles. The van der Waals surface area contributed by atoms with Crippen LogP contribution in [0.25, 0.3) is 0 Å². The number of hydrogen-bond donors (Lipinski definition) is 2. The van der Waals surface area contributed by atoms with Crippen LogP contribution in [0.15, 0.2) is 24.3 Å². The number of rotatable bonds is 3. The maximum absolute atomic E-state index is 11.8. The third kappa shape index (κ3) is 5.79. The molecule has 2 amide bonds. The number of urea groups is 1. The number of alkyl halides is 3. The van der Waals surface area contributed by atoms with Gasteiger partial charge in [-0.05, 0) is 12.5 Å². The molecule has 2 N–H and O–H groups in total. The average molecular weight is 246 g/mol. The van der Waals surface area contributed by atoms with Gasteiger partial charge in [-0.3, -0.25) is 0 Å². The van der Waals surface area contributed by atoms with Gasteiger partial charge in [0.25, 0.3) is 0 Å². The minimum absolute atomic E-state index is 0.200. The van der Waals surface area contributed by atoms with Crippen molar-refractivity contribution >= 4 is 6.03 Å². The summed E-state index contributed by atoms with van der Waals surface area (Å²) in [5, 5.41) is 4.08. The van der Waals surface area contributed by atoms with Gasteiger partial charge in [-0.25, -0.2) is 4.79 Å². The largest absolute Gasteiger partial charge is 0.405 e. The fourth-order valence-electron chi connectivity index (χ4n) is 1.25. The summed E-state index contributed by atoms with van der Waals surface area (Å²) in [6.45, 7) is 0.769. The van der Waals surface area contributed by atoms with Gasteiger partial charge >= 0.3 is 12.2 Å². The van der Waals surface area contributed by atoms with Gasteiger partial charge in [0.1, 0.15) is 6.54 Å². The molecule has 0 saturated heterocycles. The van der Waals surface area contributed by atoms with E-state index in [1.165, 1.54) is 0 Å². The van der Waals surface area contributed by atoms with Crippen molar-refractivity contribution in [1.82, 2.24) is 10.6 Å². The topological polar surface area (TPSA) is 41.1 Å². The summed E-state index contributed by atoms with van der Waals surface area (Å²) in [5.74, 6) is 0. The number of amides is 2. The summed E-state index contributed by atoms with van der Waals surface area (Å²) < 4.78 is 35.4. The lowest BCUT2D eigenvalue weighted by molar-refractivity contribution is -0.122. The maximum atomic E-state index is 11.8. The molecule has 17 heavy (non-hydrogen) atoms. The molecule has 0 aliphatic rings. The van der Waals surface area contributed by atoms with Crippen molar-refractivity contribution in [2.45, 2.75) is 19.6 Å². The summed E-state index contributed by atoms with van der Waals surface area (Å²) in [4.78, 5) is 11.0. The lowest BCUT2D eigenvalue weighted by Crippen LogP contribution is -2.40. The van der Waals surface area contributed by atoms with E-state index in [9.17, 15) is 18.0 Å². The van der Waals surface area contributed by atoms with Crippen LogP contribution in [-0.4, -0.2) is 18.8 Å². The number of halogens is 3. The summed E-state index contributed by atoms with van der Waals surface area (Å²) in [6.07, 6.45) is -4.39. The van der Waals surface area contributed by atoms with Crippen LogP contribution < -0.4 is 10.6 Å². The molecule has 1 aromatic carbocycles. The Bertz CT molecular complexity index is 391. The Morgan fingerprint density at radius 1 is 1.29 bits per heavy atom. The first-order valence-corrected chi connectivity index (χ1v) is 5.01. The Labute approximate surface area is 97.0 Å². The lowest BCUT2D eigenvalue weighted by atomic mass is 10.1. The van der Waals surface area contributed by atoms with E-state index in [1.807, 2.05) is 25.1 Å². The molecule has 6 heteroatoms.